The van der Waals surface area contributed by atoms with Crippen molar-refractivity contribution in [3.8, 4) is 0 Å². The molecule has 0 aromatic heterocycles. The third-order valence-corrected chi connectivity index (χ3v) is 5.47. The summed E-state index contributed by atoms with van der Waals surface area (Å²) in [5, 5.41) is 0. The van der Waals surface area contributed by atoms with Crippen molar-refractivity contribution in [1.82, 2.24) is 0 Å². The van der Waals surface area contributed by atoms with Crippen LogP contribution in [0.25, 0.3) is 0 Å². The largest absolute Gasteiger partial charge is 0.463 e. The van der Waals surface area contributed by atoms with Gasteiger partial charge < -0.3 is 4.74 Å². The quantitative estimate of drug-likeness (QED) is 0.541. The number of allylic oxidation sites excluding steroid dienone is 1. The molecule has 0 radical (unpaired) electrons. The fourth-order valence-electron chi connectivity index (χ4n) is 4.52. The maximum atomic E-state index is 12.0. The Kier molecular flexibility index (Phi) is 5.68. The van der Waals surface area contributed by atoms with Crippen molar-refractivity contribution in [2.24, 2.45) is 17.8 Å². The molecule has 0 amide bonds. The van der Waals surface area contributed by atoms with Gasteiger partial charge in [0.15, 0.2) is 0 Å². The summed E-state index contributed by atoms with van der Waals surface area (Å²) in [7, 11) is 0. The van der Waals surface area contributed by atoms with E-state index in [1.54, 1.807) is 0 Å². The van der Waals surface area contributed by atoms with Gasteiger partial charge >= 0.3 is 5.97 Å². The van der Waals surface area contributed by atoms with Gasteiger partial charge in [0.05, 0.1) is 6.61 Å². The van der Waals surface area contributed by atoms with Crippen molar-refractivity contribution in [3.63, 3.8) is 0 Å². The zero-order valence-corrected chi connectivity index (χ0v) is 13.4. The monoisotopic (exact) mass is 278 g/mol. The van der Waals surface area contributed by atoms with Gasteiger partial charge in [-0.15, -0.1) is 0 Å². The molecule has 2 aliphatic carbocycles. The molecule has 2 nitrogen and oxygen atoms in total. The highest BCUT2D eigenvalue weighted by atomic mass is 16.5. The molecular weight excluding hydrogens is 248 g/mol. The van der Waals surface area contributed by atoms with Gasteiger partial charge in [0.2, 0.25) is 0 Å². The van der Waals surface area contributed by atoms with Crippen molar-refractivity contribution >= 4 is 5.97 Å². The predicted molar refractivity (Wildman–Crippen MR) is 82.4 cm³/mol. The van der Waals surface area contributed by atoms with Gasteiger partial charge in [0, 0.05) is 5.57 Å². The van der Waals surface area contributed by atoms with Crippen LogP contribution in [0.2, 0.25) is 0 Å². The molecule has 0 aromatic carbocycles. The van der Waals surface area contributed by atoms with E-state index in [2.05, 4.69) is 6.92 Å². The Labute approximate surface area is 124 Å². The number of hydrogen-bond acceptors (Lipinski definition) is 2. The lowest BCUT2D eigenvalue weighted by atomic mass is 9.79. The molecule has 2 saturated carbocycles. The molecule has 114 valence electrons. The second-order valence-corrected chi connectivity index (χ2v) is 6.47. The maximum Gasteiger partial charge on any atom is 0.333 e. The molecule has 3 atom stereocenters. The molecule has 3 unspecified atom stereocenters. The Hall–Kier alpha value is -0.790. The van der Waals surface area contributed by atoms with Crippen molar-refractivity contribution < 1.29 is 9.53 Å². The fraction of sp³-hybridized carbons (Fsp3) is 0.833. The van der Waals surface area contributed by atoms with Crippen LogP contribution in [0.3, 0.4) is 0 Å². The lowest BCUT2D eigenvalue weighted by Gasteiger charge is -2.26. The lowest BCUT2D eigenvalue weighted by molar-refractivity contribution is -0.138. The highest BCUT2D eigenvalue weighted by Gasteiger charge is 2.38. The molecule has 0 aliphatic heterocycles. The van der Waals surface area contributed by atoms with Gasteiger partial charge in [-0.1, -0.05) is 38.2 Å². The van der Waals surface area contributed by atoms with Crippen LogP contribution < -0.4 is 0 Å². The second-order valence-electron chi connectivity index (χ2n) is 6.47. The van der Waals surface area contributed by atoms with Crippen LogP contribution in [-0.4, -0.2) is 12.6 Å². The molecule has 20 heavy (non-hydrogen) atoms. The summed E-state index contributed by atoms with van der Waals surface area (Å²) in [6, 6.07) is 0. The minimum atomic E-state index is -0.0959. The molecule has 0 heterocycles. The standard InChI is InChI=1S/C18H30O2/c1-4-15(13(3)18(19)20-5-2)17-12-11-14-9-7-6-8-10-16(14)17/h14,16-17H,4-12H2,1-3H3. The first-order valence-electron chi connectivity index (χ1n) is 8.55. The van der Waals surface area contributed by atoms with E-state index in [0.717, 1.165) is 23.8 Å². The number of esters is 1. The number of ether oxygens (including phenoxy) is 1. The van der Waals surface area contributed by atoms with E-state index in [1.807, 2.05) is 13.8 Å². The first-order valence-corrected chi connectivity index (χ1v) is 8.55. The van der Waals surface area contributed by atoms with Crippen molar-refractivity contribution in [2.45, 2.75) is 72.1 Å². The van der Waals surface area contributed by atoms with Crippen molar-refractivity contribution in [2.75, 3.05) is 6.61 Å². The molecule has 0 N–H and O–H groups in total. The van der Waals surface area contributed by atoms with Crippen LogP contribution in [0.1, 0.15) is 72.1 Å². The van der Waals surface area contributed by atoms with E-state index in [4.69, 9.17) is 4.74 Å². The SMILES string of the molecule is CCOC(=O)C(C)=C(CC)C1CCC2CCCCCC21. The number of carbonyl (C=O) groups is 1. The van der Waals surface area contributed by atoms with Gasteiger partial charge in [0.1, 0.15) is 0 Å². The lowest BCUT2D eigenvalue weighted by Crippen LogP contribution is -2.19. The Morgan fingerprint density at radius 1 is 1.05 bits per heavy atom. The van der Waals surface area contributed by atoms with Gasteiger partial charge in [0.25, 0.3) is 0 Å². The Morgan fingerprint density at radius 2 is 1.80 bits per heavy atom. The molecule has 2 heteroatoms. The molecule has 0 bridgehead atoms. The van der Waals surface area contributed by atoms with Crippen molar-refractivity contribution in [1.29, 1.82) is 0 Å². The van der Waals surface area contributed by atoms with E-state index >= 15 is 0 Å². The number of hydrogen-bond donors (Lipinski definition) is 0. The summed E-state index contributed by atoms with van der Waals surface area (Å²) in [5.74, 6) is 2.30. The van der Waals surface area contributed by atoms with Gasteiger partial charge in [-0.25, -0.2) is 4.79 Å². The Bertz CT molecular complexity index is 370. The molecule has 0 spiro atoms. The van der Waals surface area contributed by atoms with E-state index < -0.39 is 0 Å². The first kappa shape index (κ1) is 15.6. The van der Waals surface area contributed by atoms with Gasteiger partial charge in [-0.05, 0) is 57.3 Å². The zero-order chi connectivity index (χ0) is 14.5. The van der Waals surface area contributed by atoms with Gasteiger partial charge in [-0.2, -0.15) is 0 Å². The van der Waals surface area contributed by atoms with Crippen LogP contribution in [-0.2, 0) is 9.53 Å². The van der Waals surface area contributed by atoms with Crippen LogP contribution in [0.4, 0.5) is 0 Å². The zero-order valence-electron chi connectivity index (χ0n) is 13.4. The summed E-state index contributed by atoms with van der Waals surface area (Å²) in [6.45, 7) is 6.53. The molecule has 0 saturated heterocycles. The second kappa shape index (κ2) is 7.28. The average Bonchev–Trinajstić information content (AvgIpc) is 2.69. The fourth-order valence-corrected chi connectivity index (χ4v) is 4.52. The molecule has 0 aromatic rings. The minimum Gasteiger partial charge on any atom is -0.463 e. The Morgan fingerprint density at radius 3 is 2.50 bits per heavy atom. The number of rotatable bonds is 4. The molecular formula is C18H30O2. The molecule has 2 fully saturated rings. The summed E-state index contributed by atoms with van der Waals surface area (Å²) in [4.78, 5) is 12.0. The normalized spacial score (nSPS) is 31.2. The van der Waals surface area contributed by atoms with Crippen molar-refractivity contribution in [3.05, 3.63) is 11.1 Å². The maximum absolute atomic E-state index is 12.0. The third kappa shape index (κ3) is 3.27. The van der Waals surface area contributed by atoms with Crippen LogP contribution in [0.15, 0.2) is 11.1 Å². The van der Waals surface area contributed by atoms with E-state index in [-0.39, 0.29) is 5.97 Å². The average molecular weight is 278 g/mol. The highest BCUT2D eigenvalue weighted by molar-refractivity contribution is 5.88. The summed E-state index contributed by atoms with van der Waals surface area (Å²) in [5.41, 5.74) is 2.28. The predicted octanol–water partition coefficient (Wildman–Crippen LogP) is 4.88. The van der Waals surface area contributed by atoms with E-state index in [1.165, 1.54) is 50.5 Å². The third-order valence-electron chi connectivity index (χ3n) is 5.47. The molecule has 2 aliphatic rings. The van der Waals surface area contributed by atoms with Crippen LogP contribution in [0.5, 0.6) is 0 Å². The van der Waals surface area contributed by atoms with Crippen LogP contribution in [0, 0.1) is 17.8 Å². The topological polar surface area (TPSA) is 26.3 Å². The van der Waals surface area contributed by atoms with E-state index in [9.17, 15) is 4.79 Å². The summed E-state index contributed by atoms with van der Waals surface area (Å²) in [6.07, 6.45) is 10.6. The van der Waals surface area contributed by atoms with Gasteiger partial charge in [-0.3, -0.25) is 0 Å². The minimum absolute atomic E-state index is 0.0959. The van der Waals surface area contributed by atoms with Crippen LogP contribution >= 0.6 is 0 Å². The van der Waals surface area contributed by atoms with E-state index in [0.29, 0.717) is 12.5 Å². The highest BCUT2D eigenvalue weighted by Crippen LogP contribution is 2.48. The number of fused-ring (bicyclic) bond motifs is 1. The molecule has 2 rings (SSSR count). The first-order chi connectivity index (χ1) is 9.69. The number of carbonyl (C=O) groups excluding carboxylic acids is 1. The summed E-state index contributed by atoms with van der Waals surface area (Å²) >= 11 is 0. The summed E-state index contributed by atoms with van der Waals surface area (Å²) < 4.78 is 5.21. The smallest absolute Gasteiger partial charge is 0.333 e. The Balaban J connectivity index is 2.18.